The lowest BCUT2D eigenvalue weighted by Crippen LogP contribution is -2.49. The van der Waals surface area contributed by atoms with Gasteiger partial charge in [0, 0.05) is 56.9 Å². The molecule has 0 saturated carbocycles. The number of aromatic nitrogens is 2. The maximum absolute atomic E-state index is 12.9. The molecule has 11 heteroatoms. The molecule has 2 atom stereocenters. The highest BCUT2D eigenvalue weighted by atomic mass is 19.1. The maximum Gasteiger partial charge on any atom is 0.253 e. The molecule has 3 N–H and O–H groups in total. The number of nitrogens with zero attached hydrogens (tertiary/aromatic N) is 5. The first kappa shape index (κ1) is 33.2. The molecule has 10 nitrogen and oxygen atoms in total. The quantitative estimate of drug-likeness (QED) is 0.368. The van der Waals surface area contributed by atoms with Gasteiger partial charge in [0.25, 0.3) is 5.91 Å². The summed E-state index contributed by atoms with van der Waals surface area (Å²) >= 11 is 0. The van der Waals surface area contributed by atoms with Crippen LogP contribution in [-0.2, 0) is 9.59 Å². The maximum atomic E-state index is 12.9. The Morgan fingerprint density at radius 2 is 1.71 bits per heavy atom. The number of nitrogens with one attached hydrogen (secondary N) is 2. The molecule has 48 heavy (non-hydrogen) atoms. The number of rotatable bonds is 6. The van der Waals surface area contributed by atoms with E-state index in [2.05, 4.69) is 63.1 Å². The normalized spacial score (nSPS) is 23.7. The van der Waals surface area contributed by atoms with Crippen molar-refractivity contribution in [1.29, 1.82) is 0 Å². The van der Waals surface area contributed by atoms with Crippen LogP contribution in [0.5, 0.6) is 0 Å². The summed E-state index contributed by atoms with van der Waals surface area (Å²) in [4.78, 5) is 36.9. The molecule has 4 aliphatic rings. The molecule has 2 saturated heterocycles. The second-order valence-corrected chi connectivity index (χ2v) is 13.0. The van der Waals surface area contributed by atoms with E-state index >= 15 is 0 Å². The third-order valence-corrected chi connectivity index (χ3v) is 9.84. The van der Waals surface area contributed by atoms with E-state index in [1.807, 2.05) is 22.0 Å². The van der Waals surface area contributed by atoms with Crippen LogP contribution in [-0.4, -0.2) is 87.8 Å². The number of hydrazone groups is 1. The number of hydrogen-bond donors (Lipinski definition) is 3. The summed E-state index contributed by atoms with van der Waals surface area (Å²) in [5, 5.41) is 17.3. The van der Waals surface area contributed by atoms with E-state index in [-0.39, 0.29) is 36.1 Å². The topological polar surface area (TPSA) is 123 Å². The number of halogens is 1. The molecule has 3 aromatic rings. The van der Waals surface area contributed by atoms with Crippen LogP contribution in [0.4, 0.5) is 4.39 Å². The van der Waals surface area contributed by atoms with Gasteiger partial charge in [0.1, 0.15) is 5.82 Å². The van der Waals surface area contributed by atoms with Crippen molar-refractivity contribution in [1.82, 2.24) is 30.5 Å². The van der Waals surface area contributed by atoms with Gasteiger partial charge >= 0.3 is 0 Å². The fourth-order valence-electron chi connectivity index (χ4n) is 6.91. The fourth-order valence-corrected chi connectivity index (χ4v) is 6.91. The molecule has 3 aliphatic heterocycles. The number of carbonyl (C=O) groups excluding carboxylic acids is 2. The average molecular weight is 652 g/mol. The Bertz CT molecular complexity index is 1700. The van der Waals surface area contributed by atoms with Gasteiger partial charge < -0.3 is 15.3 Å². The zero-order valence-corrected chi connectivity index (χ0v) is 27.4. The lowest BCUT2D eigenvalue weighted by molar-refractivity contribution is -0.139. The van der Waals surface area contributed by atoms with Crippen molar-refractivity contribution < 1.29 is 19.1 Å². The molecular weight excluding hydrogens is 609 g/mol. The van der Waals surface area contributed by atoms with Crippen molar-refractivity contribution in [3.8, 4) is 11.4 Å². The van der Waals surface area contributed by atoms with Crippen LogP contribution in [0.15, 0.2) is 96.0 Å². The summed E-state index contributed by atoms with van der Waals surface area (Å²) in [5.41, 5.74) is 6.91. The minimum atomic E-state index is -1.39. The molecule has 4 heterocycles. The van der Waals surface area contributed by atoms with Crippen molar-refractivity contribution >= 4 is 17.5 Å². The van der Waals surface area contributed by atoms with E-state index in [1.54, 1.807) is 30.6 Å². The van der Waals surface area contributed by atoms with Gasteiger partial charge in [0.15, 0.2) is 11.4 Å². The molecule has 0 spiro atoms. The second-order valence-electron chi connectivity index (χ2n) is 13.0. The van der Waals surface area contributed by atoms with Crippen LogP contribution in [0.25, 0.3) is 11.4 Å². The minimum Gasteiger partial charge on any atom is -0.379 e. The van der Waals surface area contributed by atoms with Crippen molar-refractivity contribution in [2.24, 2.45) is 10.5 Å². The van der Waals surface area contributed by atoms with Crippen LogP contribution in [0.1, 0.15) is 49.7 Å². The predicted molar refractivity (Wildman–Crippen MR) is 182 cm³/mol. The monoisotopic (exact) mass is 651 g/mol. The van der Waals surface area contributed by atoms with Gasteiger partial charge in [-0.05, 0) is 73.9 Å². The van der Waals surface area contributed by atoms with E-state index in [1.165, 1.54) is 24.7 Å². The summed E-state index contributed by atoms with van der Waals surface area (Å²) in [5.74, 6) is 0.619. The molecular formula is C37H42FN7O3. The van der Waals surface area contributed by atoms with Crippen LogP contribution < -0.4 is 10.7 Å². The van der Waals surface area contributed by atoms with Gasteiger partial charge in [-0.3, -0.25) is 19.9 Å². The first-order valence-corrected chi connectivity index (χ1v) is 16.5. The second kappa shape index (κ2) is 14.2. The zero-order chi connectivity index (χ0) is 33.7. The Morgan fingerprint density at radius 3 is 2.40 bits per heavy atom. The van der Waals surface area contributed by atoms with E-state index in [9.17, 15) is 19.1 Å². The number of hydrogen-bond acceptors (Lipinski definition) is 8. The van der Waals surface area contributed by atoms with E-state index in [0.29, 0.717) is 18.9 Å². The lowest BCUT2D eigenvalue weighted by atomic mass is 9.75. The molecule has 7 rings (SSSR count). The van der Waals surface area contributed by atoms with Gasteiger partial charge in [-0.25, -0.2) is 14.4 Å². The van der Waals surface area contributed by atoms with Gasteiger partial charge in [0.2, 0.25) is 5.91 Å². The zero-order valence-electron chi connectivity index (χ0n) is 27.4. The molecule has 0 radical (unpaired) electrons. The van der Waals surface area contributed by atoms with Crippen molar-refractivity contribution in [3.63, 3.8) is 0 Å². The van der Waals surface area contributed by atoms with Gasteiger partial charge in [-0.1, -0.05) is 48.6 Å². The highest BCUT2D eigenvalue weighted by molar-refractivity contribution is 6.07. The largest absolute Gasteiger partial charge is 0.379 e. The minimum absolute atomic E-state index is 0.0659. The lowest BCUT2D eigenvalue weighted by Gasteiger charge is -2.33. The third kappa shape index (κ3) is 7.07. The molecule has 2 fully saturated rings. The Morgan fingerprint density at radius 1 is 1.02 bits per heavy atom. The summed E-state index contributed by atoms with van der Waals surface area (Å²) in [6.07, 6.45) is 12.8. The molecule has 0 bridgehead atoms. The van der Waals surface area contributed by atoms with E-state index in [0.717, 1.165) is 60.7 Å². The predicted octanol–water partition coefficient (Wildman–Crippen LogP) is 4.02. The van der Waals surface area contributed by atoms with Crippen molar-refractivity contribution in [2.75, 3.05) is 39.8 Å². The number of amides is 2. The van der Waals surface area contributed by atoms with Crippen LogP contribution in [0, 0.1) is 11.2 Å². The Balaban J connectivity index is 0.000000198. The first-order chi connectivity index (χ1) is 23.2. The van der Waals surface area contributed by atoms with Crippen LogP contribution >= 0.6 is 0 Å². The van der Waals surface area contributed by atoms with E-state index < -0.39 is 5.60 Å². The summed E-state index contributed by atoms with van der Waals surface area (Å²) < 4.78 is 12.9. The number of β-amino-alcohol motifs (C(OH)–C–C–N with tert-alkyl or cyclic N) is 1. The number of fused-ring (bicyclic) bond motifs is 1. The summed E-state index contributed by atoms with van der Waals surface area (Å²) in [6.45, 7) is 4.59. The number of allylic oxidation sites excluding steroid dienone is 4. The third-order valence-electron chi connectivity index (χ3n) is 9.84. The Kier molecular flexibility index (Phi) is 9.79. The van der Waals surface area contributed by atoms with Crippen molar-refractivity contribution in [3.05, 3.63) is 108 Å². The van der Waals surface area contributed by atoms with Gasteiger partial charge in [0.05, 0.1) is 17.7 Å². The molecule has 2 aromatic carbocycles. The fraction of sp³-hybridized carbons (Fsp3) is 0.378. The summed E-state index contributed by atoms with van der Waals surface area (Å²) in [6, 6.07) is 16.7. The molecule has 250 valence electrons. The SMILES string of the molecule is CC12CC=CC=C1NN=C2c1ccc(F)cc1.CNC(=O)C1(O)CCN(CC(=O)N2CCC(c3ccc(-c4ncccn4)cc3)CC2)C1. The molecule has 2 unspecified atom stereocenters. The van der Waals surface area contributed by atoms with E-state index in [4.69, 9.17) is 0 Å². The van der Waals surface area contributed by atoms with Gasteiger partial charge in [-0.2, -0.15) is 5.10 Å². The summed E-state index contributed by atoms with van der Waals surface area (Å²) in [7, 11) is 1.52. The highest BCUT2D eigenvalue weighted by Crippen LogP contribution is 2.40. The standard InChI is InChI=1S/C23H29N5O3.C14H13FN2/c1-24-22(30)23(31)9-14-27(16-23)15-20(29)28-12-7-18(8-13-28)17-3-5-19(6-4-17)21-25-10-2-11-26-21;1-14-9-3-2-4-12(14)16-17-13(14)10-5-7-11(15)8-6-10/h2-6,10-11,18,31H,7-9,12-16H2,1H3,(H,24,30);2-8,16H,9H2,1H3. The van der Waals surface area contributed by atoms with Crippen LogP contribution in [0.3, 0.4) is 0 Å². The number of likely N-dealkylation sites (N-methyl/N-ethyl adjacent to an activating group) is 1. The van der Waals surface area contributed by atoms with Crippen molar-refractivity contribution in [2.45, 2.75) is 44.1 Å². The van der Waals surface area contributed by atoms with Gasteiger partial charge in [-0.15, -0.1) is 0 Å². The number of piperidine rings is 1. The van der Waals surface area contributed by atoms with Crippen LogP contribution in [0.2, 0.25) is 0 Å². The first-order valence-electron chi connectivity index (χ1n) is 16.5. The number of carbonyl (C=O) groups is 2. The number of aliphatic hydroxyl groups is 1. The molecule has 1 aliphatic carbocycles. The Hall–Kier alpha value is -4.74. The number of likely N-dealkylation sites (tertiary alicyclic amines) is 2. The Labute approximate surface area is 280 Å². The highest BCUT2D eigenvalue weighted by Gasteiger charge is 2.43. The smallest absolute Gasteiger partial charge is 0.253 e. The molecule has 1 aromatic heterocycles. The number of benzene rings is 2. The molecule has 2 amide bonds. The average Bonchev–Trinajstić information content (AvgIpc) is 3.68.